The average molecular weight is 281 g/mol. The number of alkyl halides is 1. The van der Waals surface area contributed by atoms with Crippen molar-refractivity contribution in [2.24, 2.45) is 5.92 Å². The first-order chi connectivity index (χ1) is 7.92. The molecule has 4 nitrogen and oxygen atoms in total. The van der Waals surface area contributed by atoms with E-state index in [1.54, 1.807) is 6.92 Å². The standard InChI is InChI=1S/C11H18ClO4P/c1-5-6-7-8-9(2)10(13)11(12)17(14,15-3)16-4/h9,11H,5,8H2,1-4H3. The number of rotatable bonds is 6. The van der Waals surface area contributed by atoms with Gasteiger partial charge >= 0.3 is 7.60 Å². The summed E-state index contributed by atoms with van der Waals surface area (Å²) < 4.78 is 21.3. The molecule has 0 fully saturated rings. The maximum absolute atomic E-state index is 11.9. The second-order valence-corrected chi connectivity index (χ2v) is 6.52. The van der Waals surface area contributed by atoms with Crippen LogP contribution in [0.25, 0.3) is 0 Å². The zero-order chi connectivity index (χ0) is 13.5. The van der Waals surface area contributed by atoms with Crippen molar-refractivity contribution in [1.82, 2.24) is 0 Å². The second kappa shape index (κ2) is 7.89. The Kier molecular flexibility index (Phi) is 7.74. The van der Waals surface area contributed by atoms with E-state index < -0.39 is 18.6 Å². The summed E-state index contributed by atoms with van der Waals surface area (Å²) in [6.45, 7) is 3.62. The number of carbonyl (C=O) groups excluding carboxylic acids is 1. The zero-order valence-corrected chi connectivity index (χ0v) is 12.2. The number of Topliss-reactive ketones (excluding diaryl/α,β-unsaturated/α-hetero) is 1. The van der Waals surface area contributed by atoms with Crippen LogP contribution in [0, 0.1) is 17.8 Å². The van der Waals surface area contributed by atoms with Gasteiger partial charge in [-0.1, -0.05) is 13.8 Å². The third kappa shape index (κ3) is 4.81. The third-order valence-electron chi connectivity index (χ3n) is 2.22. The molecule has 0 aliphatic carbocycles. The summed E-state index contributed by atoms with van der Waals surface area (Å²) in [5.74, 6) is 4.96. The van der Waals surface area contributed by atoms with Gasteiger partial charge in [0.25, 0.3) is 0 Å². The first kappa shape index (κ1) is 16.7. The summed E-state index contributed by atoms with van der Waals surface area (Å²) in [4.78, 5) is 11.9. The van der Waals surface area contributed by atoms with E-state index >= 15 is 0 Å². The van der Waals surface area contributed by atoms with Crippen molar-refractivity contribution in [2.75, 3.05) is 14.2 Å². The van der Waals surface area contributed by atoms with Crippen molar-refractivity contribution in [3.05, 3.63) is 0 Å². The largest absolute Gasteiger partial charge is 0.355 e. The van der Waals surface area contributed by atoms with E-state index in [1.165, 1.54) is 14.2 Å². The molecule has 0 saturated heterocycles. The van der Waals surface area contributed by atoms with E-state index in [0.717, 1.165) is 6.42 Å². The van der Waals surface area contributed by atoms with Crippen molar-refractivity contribution in [2.45, 2.75) is 31.8 Å². The smallest absolute Gasteiger partial charge is 0.311 e. The zero-order valence-electron chi connectivity index (χ0n) is 10.5. The first-order valence-electron chi connectivity index (χ1n) is 5.27. The van der Waals surface area contributed by atoms with Gasteiger partial charge in [-0.25, -0.2) is 0 Å². The highest BCUT2D eigenvalue weighted by atomic mass is 35.5. The molecule has 2 atom stereocenters. The molecule has 98 valence electrons. The van der Waals surface area contributed by atoms with Gasteiger partial charge in [0.2, 0.25) is 0 Å². The summed E-state index contributed by atoms with van der Waals surface area (Å²) in [5, 5.41) is -1.28. The molecule has 17 heavy (non-hydrogen) atoms. The Morgan fingerprint density at radius 3 is 2.29 bits per heavy atom. The van der Waals surface area contributed by atoms with Gasteiger partial charge < -0.3 is 9.05 Å². The Morgan fingerprint density at radius 2 is 1.88 bits per heavy atom. The van der Waals surface area contributed by atoms with Crippen molar-refractivity contribution < 1.29 is 18.4 Å². The lowest BCUT2D eigenvalue weighted by molar-refractivity contribution is -0.120. The lowest BCUT2D eigenvalue weighted by Gasteiger charge is -2.20. The highest BCUT2D eigenvalue weighted by Crippen LogP contribution is 2.54. The quantitative estimate of drug-likeness (QED) is 0.426. The summed E-state index contributed by atoms with van der Waals surface area (Å²) in [5.41, 5.74) is 0. The van der Waals surface area contributed by atoms with Crippen molar-refractivity contribution in [3.8, 4) is 11.8 Å². The van der Waals surface area contributed by atoms with Crippen LogP contribution in [0.1, 0.15) is 26.7 Å². The molecular weight excluding hydrogens is 263 g/mol. The molecule has 6 heteroatoms. The summed E-state index contributed by atoms with van der Waals surface area (Å²) in [6.07, 6.45) is 1.13. The minimum Gasteiger partial charge on any atom is -0.311 e. The molecule has 0 bridgehead atoms. The van der Waals surface area contributed by atoms with E-state index in [1.807, 2.05) is 6.92 Å². The predicted molar refractivity (Wildman–Crippen MR) is 68.1 cm³/mol. The summed E-state index contributed by atoms with van der Waals surface area (Å²) >= 11 is 5.84. The molecule has 0 N–H and O–H groups in total. The lowest BCUT2D eigenvalue weighted by Crippen LogP contribution is -2.23. The molecule has 0 aromatic heterocycles. The van der Waals surface area contributed by atoms with Crippen molar-refractivity contribution in [1.29, 1.82) is 0 Å². The van der Waals surface area contributed by atoms with Gasteiger partial charge in [-0.3, -0.25) is 9.36 Å². The fourth-order valence-corrected chi connectivity index (χ4v) is 2.88. The molecule has 0 aromatic rings. The third-order valence-corrected chi connectivity index (χ3v) is 4.98. The Labute approximate surface area is 108 Å². The van der Waals surface area contributed by atoms with Crippen LogP contribution in [-0.4, -0.2) is 25.1 Å². The molecule has 0 heterocycles. The van der Waals surface area contributed by atoms with Crippen LogP contribution in [-0.2, 0) is 18.4 Å². The highest BCUT2D eigenvalue weighted by molar-refractivity contribution is 7.57. The van der Waals surface area contributed by atoms with Crippen LogP contribution in [0.15, 0.2) is 0 Å². The molecule has 0 amide bonds. The van der Waals surface area contributed by atoms with E-state index in [2.05, 4.69) is 11.8 Å². The van der Waals surface area contributed by atoms with E-state index in [4.69, 9.17) is 20.6 Å². The second-order valence-electron chi connectivity index (χ2n) is 3.46. The minimum absolute atomic E-state index is 0.371. The summed E-state index contributed by atoms with van der Waals surface area (Å²) in [7, 11) is -1.15. The summed E-state index contributed by atoms with van der Waals surface area (Å²) in [6, 6.07) is 0. The van der Waals surface area contributed by atoms with Gasteiger partial charge in [0.1, 0.15) is 0 Å². The van der Waals surface area contributed by atoms with Gasteiger partial charge in [-0.05, 0) is 0 Å². The first-order valence-corrected chi connectivity index (χ1v) is 7.32. The number of halogens is 1. The molecule has 0 aromatic carbocycles. The fourth-order valence-electron chi connectivity index (χ4n) is 1.10. The van der Waals surface area contributed by atoms with Crippen LogP contribution < -0.4 is 0 Å². The van der Waals surface area contributed by atoms with Crippen LogP contribution >= 0.6 is 19.2 Å². The van der Waals surface area contributed by atoms with Crippen molar-refractivity contribution in [3.63, 3.8) is 0 Å². The highest BCUT2D eigenvalue weighted by Gasteiger charge is 2.39. The maximum Gasteiger partial charge on any atom is 0.355 e. The molecule has 0 rings (SSSR count). The molecule has 0 saturated carbocycles. The molecule has 0 aliphatic rings. The fraction of sp³-hybridized carbons (Fsp3) is 0.727. The Hall–Kier alpha value is -0.330. The van der Waals surface area contributed by atoms with Crippen LogP contribution in [0.5, 0.6) is 0 Å². The number of carbonyl (C=O) groups is 1. The van der Waals surface area contributed by atoms with Crippen LogP contribution in [0.3, 0.4) is 0 Å². The Balaban J connectivity index is 4.64. The average Bonchev–Trinajstić information content (AvgIpc) is 2.36. The van der Waals surface area contributed by atoms with E-state index in [0.29, 0.717) is 6.42 Å². The Morgan fingerprint density at radius 1 is 1.35 bits per heavy atom. The van der Waals surface area contributed by atoms with Crippen LogP contribution in [0.2, 0.25) is 0 Å². The number of hydrogen-bond donors (Lipinski definition) is 0. The van der Waals surface area contributed by atoms with Gasteiger partial charge in [0.05, 0.1) is 0 Å². The Bertz CT molecular complexity index is 350. The van der Waals surface area contributed by atoms with Crippen molar-refractivity contribution >= 4 is 25.0 Å². The van der Waals surface area contributed by atoms with Crippen LogP contribution in [0.4, 0.5) is 0 Å². The molecule has 2 unspecified atom stereocenters. The minimum atomic E-state index is -3.55. The van der Waals surface area contributed by atoms with E-state index in [-0.39, 0.29) is 5.78 Å². The number of hydrogen-bond acceptors (Lipinski definition) is 4. The van der Waals surface area contributed by atoms with E-state index in [9.17, 15) is 9.36 Å². The van der Waals surface area contributed by atoms with Gasteiger partial charge in [0, 0.05) is 33.0 Å². The lowest BCUT2D eigenvalue weighted by atomic mass is 10.0. The van der Waals surface area contributed by atoms with Gasteiger partial charge in [-0.15, -0.1) is 23.4 Å². The molecular formula is C11H18ClO4P. The monoisotopic (exact) mass is 280 g/mol. The molecule has 0 spiro atoms. The van der Waals surface area contributed by atoms with Gasteiger partial charge in [-0.2, -0.15) is 0 Å². The molecule has 0 aliphatic heterocycles. The maximum atomic E-state index is 11.9. The SMILES string of the molecule is CCC#CCC(C)C(=O)C(Cl)P(=O)(OC)OC. The number of ketones is 1. The topological polar surface area (TPSA) is 52.6 Å². The normalized spacial score (nSPS) is 14.6. The van der Waals surface area contributed by atoms with Gasteiger partial charge in [0.15, 0.2) is 10.9 Å². The predicted octanol–water partition coefficient (Wildman–Crippen LogP) is 3.05. The molecule has 0 radical (unpaired) electrons.